The molecule has 0 N–H and O–H groups in total. The molecule has 16 heavy (non-hydrogen) atoms. The summed E-state index contributed by atoms with van der Waals surface area (Å²) in [5.74, 6) is 1.07. The Morgan fingerprint density at radius 3 is 2.38 bits per heavy atom. The van der Waals surface area contributed by atoms with Gasteiger partial charge in [-0.25, -0.2) is 0 Å². The molecule has 1 aromatic rings. The van der Waals surface area contributed by atoms with Gasteiger partial charge in [-0.15, -0.1) is 0 Å². The summed E-state index contributed by atoms with van der Waals surface area (Å²) < 4.78 is 15.3. The highest BCUT2D eigenvalue weighted by molar-refractivity contribution is 6.44. The normalized spacial score (nSPS) is 10.6. The Bertz CT molecular complexity index is 303. The zero-order chi connectivity index (χ0) is 12.0. The minimum Gasteiger partial charge on any atom is -0.511 e. The van der Waals surface area contributed by atoms with Crippen molar-refractivity contribution in [1.29, 1.82) is 0 Å². The summed E-state index contributed by atoms with van der Waals surface area (Å²) in [6, 6.07) is 7.58. The zero-order valence-corrected chi connectivity index (χ0v) is 10.5. The zero-order valence-electron chi connectivity index (χ0n) is 9.77. The third kappa shape index (κ3) is 4.88. The van der Waals surface area contributed by atoms with Crippen molar-refractivity contribution in [3.8, 4) is 5.75 Å². The molecule has 0 radical (unpaired) electrons. The molecule has 5 heteroatoms. The van der Waals surface area contributed by atoms with Crippen LogP contribution < -0.4 is 4.65 Å². The van der Waals surface area contributed by atoms with E-state index < -0.39 is 7.32 Å². The lowest BCUT2D eigenvalue weighted by atomic mass is 10.2. The van der Waals surface area contributed by atoms with Crippen LogP contribution in [0.1, 0.15) is 19.4 Å². The van der Waals surface area contributed by atoms with Crippen molar-refractivity contribution >= 4 is 19.2 Å². The lowest BCUT2D eigenvalue weighted by Crippen LogP contribution is -2.29. The van der Waals surface area contributed by atoms with Gasteiger partial charge in [0.25, 0.3) is 0 Å². The van der Waals surface area contributed by atoms with E-state index in [1.165, 1.54) is 5.56 Å². The molecular formula is C11H16BClO3. The molecule has 0 fully saturated rings. The van der Waals surface area contributed by atoms with Crippen LogP contribution in [-0.2, 0) is 8.86 Å². The first-order valence-corrected chi connectivity index (χ1v) is 5.55. The van der Waals surface area contributed by atoms with Gasteiger partial charge in [0.1, 0.15) is 5.75 Å². The van der Waals surface area contributed by atoms with E-state index in [9.17, 15) is 0 Å². The average molecular weight is 243 g/mol. The number of hydrogen-bond acceptors (Lipinski definition) is 3. The molecule has 0 atom stereocenters. The van der Waals surface area contributed by atoms with E-state index in [-0.39, 0.29) is 0 Å². The third-order valence-corrected chi connectivity index (χ3v) is 2.04. The van der Waals surface area contributed by atoms with Gasteiger partial charge in [-0.1, -0.05) is 31.5 Å². The monoisotopic (exact) mass is 242 g/mol. The second-order valence-electron chi connectivity index (χ2n) is 4.04. The molecule has 0 unspecified atom stereocenters. The summed E-state index contributed by atoms with van der Waals surface area (Å²) in [6.07, 6.45) is 0. The molecule has 0 aromatic heterocycles. The molecule has 0 amide bonds. The van der Waals surface area contributed by atoms with E-state index in [1.54, 1.807) is 0 Å². The Labute approximate surface area is 102 Å². The number of halogens is 1. The van der Waals surface area contributed by atoms with Gasteiger partial charge in [0.15, 0.2) is 0 Å². The van der Waals surface area contributed by atoms with Crippen LogP contribution in [0.3, 0.4) is 0 Å². The maximum atomic E-state index is 5.39. The van der Waals surface area contributed by atoms with Gasteiger partial charge in [0, 0.05) is 18.5 Å². The maximum Gasteiger partial charge on any atom is 0.730 e. The lowest BCUT2D eigenvalue weighted by Gasteiger charge is -2.13. The number of hydrogen-bond donors (Lipinski definition) is 0. The van der Waals surface area contributed by atoms with E-state index in [0.717, 1.165) is 0 Å². The van der Waals surface area contributed by atoms with Crippen LogP contribution in [0.5, 0.6) is 5.75 Å². The van der Waals surface area contributed by atoms with Crippen molar-refractivity contribution in [3.05, 3.63) is 29.8 Å². The fourth-order valence-corrected chi connectivity index (χ4v) is 1.16. The third-order valence-electron chi connectivity index (χ3n) is 1.89. The molecule has 88 valence electrons. The summed E-state index contributed by atoms with van der Waals surface area (Å²) >= 11 is 5.28. The van der Waals surface area contributed by atoms with Gasteiger partial charge in [-0.05, 0) is 25.0 Å². The summed E-state index contributed by atoms with van der Waals surface area (Å²) in [7, 11) is -0.869. The van der Waals surface area contributed by atoms with E-state index in [2.05, 4.69) is 4.21 Å². The van der Waals surface area contributed by atoms with Gasteiger partial charge in [0.2, 0.25) is 0 Å². The van der Waals surface area contributed by atoms with Crippen molar-refractivity contribution in [2.24, 2.45) is 5.92 Å². The first-order chi connectivity index (χ1) is 7.61. The van der Waals surface area contributed by atoms with Crippen LogP contribution in [-0.4, -0.2) is 13.9 Å². The first kappa shape index (κ1) is 13.4. The molecule has 1 aromatic carbocycles. The van der Waals surface area contributed by atoms with E-state index >= 15 is 0 Å². The van der Waals surface area contributed by atoms with Gasteiger partial charge in [-0.2, -0.15) is 0 Å². The van der Waals surface area contributed by atoms with Gasteiger partial charge >= 0.3 is 7.32 Å². The van der Waals surface area contributed by atoms with Crippen LogP contribution in [0.15, 0.2) is 24.3 Å². The van der Waals surface area contributed by atoms with Crippen LogP contribution >= 0.6 is 11.9 Å². The van der Waals surface area contributed by atoms with Crippen molar-refractivity contribution in [2.75, 3.05) is 6.61 Å². The summed E-state index contributed by atoms with van der Waals surface area (Å²) in [6.45, 7) is 6.62. The Hall–Kier alpha value is -0.705. The van der Waals surface area contributed by atoms with Gasteiger partial charge in [0.05, 0.1) is 0 Å². The van der Waals surface area contributed by atoms with Crippen LogP contribution in [0.2, 0.25) is 0 Å². The number of rotatable bonds is 6. The van der Waals surface area contributed by atoms with Crippen molar-refractivity contribution < 1.29 is 13.5 Å². The quantitative estimate of drug-likeness (QED) is 0.717. The van der Waals surface area contributed by atoms with E-state index in [4.69, 9.17) is 21.2 Å². The van der Waals surface area contributed by atoms with Crippen LogP contribution in [0.4, 0.5) is 0 Å². The van der Waals surface area contributed by atoms with Crippen molar-refractivity contribution in [2.45, 2.75) is 20.8 Å². The molecule has 3 nitrogen and oxygen atoms in total. The molecular weight excluding hydrogens is 226 g/mol. The topological polar surface area (TPSA) is 27.7 Å². The molecule has 0 saturated carbocycles. The van der Waals surface area contributed by atoms with Gasteiger partial charge < -0.3 is 9.31 Å². The molecule has 0 saturated heterocycles. The molecule has 1 rings (SSSR count). The second kappa shape index (κ2) is 6.79. The Balaban J connectivity index is 2.46. The maximum absolute atomic E-state index is 5.39. The number of benzene rings is 1. The fraction of sp³-hybridized carbons (Fsp3) is 0.455. The first-order valence-electron chi connectivity index (χ1n) is 5.24. The highest BCUT2D eigenvalue weighted by Gasteiger charge is 2.24. The highest BCUT2D eigenvalue weighted by Crippen LogP contribution is 2.13. The number of aryl methyl sites for hydroxylation is 1. The molecule has 0 aliphatic heterocycles. The average Bonchev–Trinajstić information content (AvgIpc) is 2.26. The highest BCUT2D eigenvalue weighted by atomic mass is 35.5. The lowest BCUT2D eigenvalue weighted by molar-refractivity contribution is 0.182. The van der Waals surface area contributed by atoms with Crippen molar-refractivity contribution in [1.82, 2.24) is 0 Å². The van der Waals surface area contributed by atoms with E-state index in [0.29, 0.717) is 18.3 Å². The van der Waals surface area contributed by atoms with Crippen molar-refractivity contribution in [3.63, 3.8) is 0 Å². The predicted octanol–water partition coefficient (Wildman–Crippen LogP) is 3.20. The summed E-state index contributed by atoms with van der Waals surface area (Å²) in [5, 5.41) is 0. The molecule has 0 bridgehead atoms. The minimum atomic E-state index is -0.869. The predicted molar refractivity (Wildman–Crippen MR) is 65.3 cm³/mol. The molecule has 0 aliphatic rings. The molecule has 0 spiro atoms. The van der Waals surface area contributed by atoms with Crippen LogP contribution in [0.25, 0.3) is 0 Å². The largest absolute Gasteiger partial charge is 0.730 e. The molecule has 0 aliphatic carbocycles. The summed E-state index contributed by atoms with van der Waals surface area (Å²) in [5.41, 5.74) is 1.17. The smallest absolute Gasteiger partial charge is 0.511 e. The molecule has 0 heterocycles. The second-order valence-corrected chi connectivity index (χ2v) is 4.21. The SMILES string of the molecule is Cc1ccc(OB(OCl)OCC(C)C)cc1. The standard InChI is InChI=1S/C11H16BClO3/c1-9(2)8-14-12(16-13)15-11-6-4-10(3)5-7-11/h4-7,9H,8H2,1-3H3. The minimum absolute atomic E-state index is 0.399. The Kier molecular flexibility index (Phi) is 5.67. The Morgan fingerprint density at radius 2 is 1.88 bits per heavy atom. The van der Waals surface area contributed by atoms with E-state index in [1.807, 2.05) is 45.0 Å². The summed E-state index contributed by atoms with van der Waals surface area (Å²) in [4.78, 5) is 0. The van der Waals surface area contributed by atoms with Gasteiger partial charge in [-0.3, -0.25) is 4.21 Å². The van der Waals surface area contributed by atoms with Crippen LogP contribution in [0, 0.1) is 12.8 Å². The fourth-order valence-electron chi connectivity index (χ4n) is 1.08. The Morgan fingerprint density at radius 1 is 1.25 bits per heavy atom.